The molecule has 0 aromatic rings. The topological polar surface area (TPSA) is 69.4 Å². The number of carbonyl (C=O) groups excluding carboxylic acids is 1. The number of nitrogens with two attached hydrogens (primary N) is 1. The first-order chi connectivity index (χ1) is 5.65. The van der Waals surface area contributed by atoms with Crippen molar-refractivity contribution in [1.82, 2.24) is 0 Å². The second-order valence-electron chi connectivity index (χ2n) is 2.98. The lowest BCUT2D eigenvalue weighted by atomic mass is 10.1. The van der Waals surface area contributed by atoms with Crippen LogP contribution in [0, 0.1) is 5.92 Å². The van der Waals surface area contributed by atoms with E-state index in [0.717, 1.165) is 12.8 Å². The summed E-state index contributed by atoms with van der Waals surface area (Å²) in [4.78, 5) is 11.0. The molecule has 1 fully saturated rings. The van der Waals surface area contributed by atoms with E-state index in [1.165, 1.54) is 7.11 Å². The molecular formula is C7H13NO3S. The molecule has 1 aliphatic rings. The maximum absolute atomic E-state index is 11.0. The summed E-state index contributed by atoms with van der Waals surface area (Å²) in [5.74, 6) is -0.296. The van der Waals surface area contributed by atoms with Crippen molar-refractivity contribution in [2.45, 2.75) is 24.5 Å². The van der Waals surface area contributed by atoms with Gasteiger partial charge in [0.05, 0.1) is 24.0 Å². The van der Waals surface area contributed by atoms with Crippen LogP contribution in [0.4, 0.5) is 0 Å². The van der Waals surface area contributed by atoms with Crippen LogP contribution >= 0.6 is 0 Å². The van der Waals surface area contributed by atoms with Gasteiger partial charge in [-0.15, -0.1) is 0 Å². The molecule has 4 nitrogen and oxygen atoms in total. The fourth-order valence-electron chi connectivity index (χ4n) is 1.53. The summed E-state index contributed by atoms with van der Waals surface area (Å²) < 4.78 is 15.4. The Hall–Kier alpha value is -0.420. The van der Waals surface area contributed by atoms with E-state index in [4.69, 9.17) is 5.14 Å². The summed E-state index contributed by atoms with van der Waals surface area (Å²) in [5.41, 5.74) is 0. The Kier molecular flexibility index (Phi) is 3.22. The molecule has 0 heterocycles. The molecule has 0 saturated heterocycles. The normalized spacial score (nSPS) is 31.5. The van der Waals surface area contributed by atoms with Gasteiger partial charge in [0.1, 0.15) is 0 Å². The summed E-state index contributed by atoms with van der Waals surface area (Å²) in [6.07, 6.45) is 2.12. The lowest BCUT2D eigenvalue weighted by molar-refractivity contribution is -0.145. The number of rotatable bonds is 2. The van der Waals surface area contributed by atoms with Gasteiger partial charge in [0.2, 0.25) is 0 Å². The quantitative estimate of drug-likeness (QED) is 0.622. The Balaban J connectivity index is 2.45. The molecule has 0 bridgehead atoms. The van der Waals surface area contributed by atoms with Gasteiger partial charge in [0.15, 0.2) is 0 Å². The maximum Gasteiger partial charge on any atom is 0.308 e. The van der Waals surface area contributed by atoms with Gasteiger partial charge in [-0.05, 0) is 19.3 Å². The largest absolute Gasteiger partial charge is 0.469 e. The van der Waals surface area contributed by atoms with Gasteiger partial charge in [-0.2, -0.15) is 0 Å². The summed E-state index contributed by atoms with van der Waals surface area (Å²) >= 11 is 0. The van der Waals surface area contributed by atoms with Crippen LogP contribution in [0.15, 0.2) is 0 Å². The summed E-state index contributed by atoms with van der Waals surface area (Å²) in [6, 6.07) is 0. The molecule has 1 saturated carbocycles. The van der Waals surface area contributed by atoms with Crippen molar-refractivity contribution in [2.75, 3.05) is 7.11 Å². The fraction of sp³-hybridized carbons (Fsp3) is 0.857. The molecular weight excluding hydrogens is 178 g/mol. The molecule has 2 N–H and O–H groups in total. The Morgan fingerprint density at radius 2 is 2.25 bits per heavy atom. The van der Waals surface area contributed by atoms with Gasteiger partial charge in [-0.3, -0.25) is 9.93 Å². The summed E-state index contributed by atoms with van der Waals surface area (Å²) in [7, 11) is 0.0822. The minimum Gasteiger partial charge on any atom is -0.469 e. The smallest absolute Gasteiger partial charge is 0.308 e. The van der Waals surface area contributed by atoms with E-state index in [1.807, 2.05) is 0 Å². The van der Waals surface area contributed by atoms with Crippen LogP contribution in [0.1, 0.15) is 19.3 Å². The number of carbonyl (C=O) groups is 1. The first-order valence-corrected chi connectivity index (χ1v) is 5.15. The fourth-order valence-corrected chi connectivity index (χ4v) is 2.32. The first kappa shape index (κ1) is 9.67. The van der Waals surface area contributed by atoms with Crippen LogP contribution in [-0.2, 0) is 20.5 Å². The van der Waals surface area contributed by atoms with Gasteiger partial charge in [-0.1, -0.05) is 0 Å². The molecule has 3 atom stereocenters. The third kappa shape index (κ3) is 2.04. The highest BCUT2D eigenvalue weighted by Crippen LogP contribution is 2.28. The molecule has 1 unspecified atom stereocenters. The monoisotopic (exact) mass is 191 g/mol. The van der Waals surface area contributed by atoms with E-state index in [1.54, 1.807) is 0 Å². The van der Waals surface area contributed by atoms with Gasteiger partial charge >= 0.3 is 5.97 Å². The average Bonchev–Trinajstić information content (AvgIpc) is 2.51. The SMILES string of the molecule is COC(=O)[C@H]1CC[C@@H](S(N)=O)C1. The molecule has 70 valence electrons. The van der Waals surface area contributed by atoms with Crippen molar-refractivity contribution < 1.29 is 13.7 Å². The van der Waals surface area contributed by atoms with E-state index in [2.05, 4.69) is 4.74 Å². The predicted molar refractivity (Wildman–Crippen MR) is 45.5 cm³/mol. The minimum atomic E-state index is -1.29. The van der Waals surface area contributed by atoms with Gasteiger partial charge < -0.3 is 4.74 Å². The average molecular weight is 191 g/mol. The first-order valence-electron chi connectivity index (χ1n) is 3.88. The highest BCUT2D eigenvalue weighted by Gasteiger charge is 2.32. The van der Waals surface area contributed by atoms with E-state index < -0.39 is 11.0 Å². The van der Waals surface area contributed by atoms with Crippen LogP contribution in [0.5, 0.6) is 0 Å². The molecule has 1 rings (SSSR count). The van der Waals surface area contributed by atoms with Crippen LogP contribution in [-0.4, -0.2) is 22.5 Å². The summed E-state index contributed by atoms with van der Waals surface area (Å²) in [6.45, 7) is 0. The van der Waals surface area contributed by atoms with Crippen molar-refractivity contribution >= 4 is 17.0 Å². The van der Waals surface area contributed by atoms with Gasteiger partial charge in [0, 0.05) is 5.25 Å². The summed E-state index contributed by atoms with van der Waals surface area (Å²) in [5, 5.41) is 5.20. The second kappa shape index (κ2) is 4.00. The number of methoxy groups -OCH3 is 1. The van der Waals surface area contributed by atoms with Crippen LogP contribution in [0.2, 0.25) is 0 Å². The maximum atomic E-state index is 11.0. The number of ether oxygens (including phenoxy) is 1. The van der Waals surface area contributed by atoms with Crippen molar-refractivity contribution in [3.8, 4) is 0 Å². The number of esters is 1. The third-order valence-electron chi connectivity index (χ3n) is 2.25. The van der Waals surface area contributed by atoms with Crippen molar-refractivity contribution in [3.63, 3.8) is 0 Å². The zero-order chi connectivity index (χ0) is 9.14. The molecule has 5 heteroatoms. The molecule has 1 aliphatic carbocycles. The van der Waals surface area contributed by atoms with Crippen LogP contribution < -0.4 is 5.14 Å². The third-order valence-corrected chi connectivity index (χ3v) is 3.33. The van der Waals surface area contributed by atoms with E-state index in [9.17, 15) is 9.00 Å². The van der Waals surface area contributed by atoms with E-state index in [-0.39, 0.29) is 17.1 Å². The number of hydrogen-bond acceptors (Lipinski definition) is 3. The molecule has 0 spiro atoms. The molecule has 0 radical (unpaired) electrons. The molecule has 0 aliphatic heterocycles. The molecule has 0 amide bonds. The van der Waals surface area contributed by atoms with E-state index in [0.29, 0.717) is 6.42 Å². The molecule has 0 aromatic heterocycles. The lowest BCUT2D eigenvalue weighted by Crippen LogP contribution is -2.20. The highest BCUT2D eigenvalue weighted by atomic mass is 32.2. The Labute approximate surface area is 74.0 Å². The predicted octanol–water partition coefficient (Wildman–Crippen LogP) is -0.0495. The second-order valence-corrected chi connectivity index (χ2v) is 4.31. The Bertz CT molecular complexity index is 207. The van der Waals surface area contributed by atoms with E-state index >= 15 is 0 Å². The molecule has 0 aromatic carbocycles. The van der Waals surface area contributed by atoms with Gasteiger partial charge in [-0.25, -0.2) is 4.21 Å². The van der Waals surface area contributed by atoms with Crippen molar-refractivity contribution in [2.24, 2.45) is 11.1 Å². The molecule has 12 heavy (non-hydrogen) atoms. The zero-order valence-electron chi connectivity index (χ0n) is 6.99. The standard InChI is InChI=1S/C7H13NO3S/c1-11-7(9)5-2-3-6(4-5)12(8)10/h5-6H,2-4,8H2,1H3/t5-,6+,12?/m0/s1. The van der Waals surface area contributed by atoms with Crippen LogP contribution in [0.25, 0.3) is 0 Å². The van der Waals surface area contributed by atoms with Crippen molar-refractivity contribution in [3.05, 3.63) is 0 Å². The highest BCUT2D eigenvalue weighted by molar-refractivity contribution is 7.83. The Morgan fingerprint density at radius 3 is 2.67 bits per heavy atom. The van der Waals surface area contributed by atoms with Gasteiger partial charge in [0.25, 0.3) is 0 Å². The Morgan fingerprint density at radius 1 is 1.58 bits per heavy atom. The number of hydrogen-bond donors (Lipinski definition) is 1. The van der Waals surface area contributed by atoms with Crippen molar-refractivity contribution in [1.29, 1.82) is 0 Å². The minimum absolute atomic E-state index is 0.0194. The zero-order valence-corrected chi connectivity index (χ0v) is 7.80. The lowest BCUT2D eigenvalue weighted by Gasteiger charge is -2.06. The van der Waals surface area contributed by atoms with Crippen LogP contribution in [0.3, 0.4) is 0 Å².